The second-order valence-electron chi connectivity index (χ2n) is 7.67. The van der Waals surface area contributed by atoms with Gasteiger partial charge in [-0.3, -0.25) is 0 Å². The summed E-state index contributed by atoms with van der Waals surface area (Å²) in [5.41, 5.74) is -0.409. The van der Waals surface area contributed by atoms with Gasteiger partial charge in [-0.1, -0.05) is 0 Å². The summed E-state index contributed by atoms with van der Waals surface area (Å²) >= 11 is 0. The molecule has 3 N–H and O–H groups in total. The van der Waals surface area contributed by atoms with Crippen LogP contribution in [0.2, 0.25) is 0 Å². The first-order valence-corrected chi connectivity index (χ1v) is 8.91. The highest BCUT2D eigenvalue weighted by molar-refractivity contribution is 5.67. The van der Waals surface area contributed by atoms with Crippen LogP contribution in [0.4, 0.5) is 9.18 Å². The maximum atomic E-state index is 13.6. The number of hydrogen-bond acceptors (Lipinski definition) is 5. The lowest BCUT2D eigenvalue weighted by Crippen LogP contribution is -2.34. The Balaban J connectivity index is 1.89. The Morgan fingerprint density at radius 2 is 2.04 bits per heavy atom. The molecular formula is C19H28FNO5. The Morgan fingerprint density at radius 3 is 2.65 bits per heavy atom. The van der Waals surface area contributed by atoms with Gasteiger partial charge in [0.15, 0.2) is 0 Å². The molecule has 0 heterocycles. The SMILES string of the molecule is CC(C)(C)OC(=O)NCCC(O)C(O)c1cc(F)ccc1OCC1CC1. The highest BCUT2D eigenvalue weighted by Gasteiger charge is 2.26. The summed E-state index contributed by atoms with van der Waals surface area (Å²) in [6.45, 7) is 5.87. The van der Waals surface area contributed by atoms with Crippen LogP contribution in [-0.4, -0.2) is 41.2 Å². The van der Waals surface area contributed by atoms with E-state index in [0.29, 0.717) is 18.3 Å². The van der Waals surface area contributed by atoms with Crippen LogP contribution in [0.25, 0.3) is 0 Å². The third-order valence-corrected chi connectivity index (χ3v) is 3.93. The van der Waals surface area contributed by atoms with Crippen LogP contribution < -0.4 is 10.1 Å². The summed E-state index contributed by atoms with van der Waals surface area (Å²) in [5, 5.41) is 23.1. The van der Waals surface area contributed by atoms with E-state index in [0.717, 1.165) is 18.9 Å². The highest BCUT2D eigenvalue weighted by Crippen LogP contribution is 2.33. The van der Waals surface area contributed by atoms with Gasteiger partial charge in [-0.2, -0.15) is 0 Å². The molecule has 0 aromatic heterocycles. The van der Waals surface area contributed by atoms with Crippen LogP contribution in [-0.2, 0) is 4.74 Å². The Bertz CT molecular complexity index is 612. The number of amides is 1. The number of benzene rings is 1. The van der Waals surface area contributed by atoms with Crippen molar-refractivity contribution in [2.75, 3.05) is 13.2 Å². The molecule has 6 nitrogen and oxygen atoms in total. The van der Waals surface area contributed by atoms with Crippen molar-refractivity contribution in [3.05, 3.63) is 29.6 Å². The van der Waals surface area contributed by atoms with Gasteiger partial charge in [0.05, 0.1) is 12.7 Å². The standard InChI is InChI=1S/C19H28FNO5/c1-19(2,3)26-18(24)21-9-8-15(22)17(23)14-10-13(20)6-7-16(14)25-11-12-4-5-12/h6-7,10,12,15,17,22-23H,4-5,8-9,11H2,1-3H3,(H,21,24). The summed E-state index contributed by atoms with van der Waals surface area (Å²) in [7, 11) is 0. The lowest BCUT2D eigenvalue weighted by Gasteiger charge is -2.22. The van der Waals surface area contributed by atoms with Gasteiger partial charge in [0.2, 0.25) is 0 Å². The van der Waals surface area contributed by atoms with E-state index in [9.17, 15) is 19.4 Å². The van der Waals surface area contributed by atoms with Crippen molar-refractivity contribution in [1.82, 2.24) is 5.32 Å². The third-order valence-electron chi connectivity index (χ3n) is 3.93. The summed E-state index contributed by atoms with van der Waals surface area (Å²) in [4.78, 5) is 11.6. The van der Waals surface area contributed by atoms with Crippen molar-refractivity contribution in [2.24, 2.45) is 5.92 Å². The quantitative estimate of drug-likeness (QED) is 0.656. The minimum atomic E-state index is -1.32. The molecule has 0 spiro atoms. The predicted molar refractivity (Wildman–Crippen MR) is 94.4 cm³/mol. The molecule has 1 aliphatic rings. The topological polar surface area (TPSA) is 88.0 Å². The van der Waals surface area contributed by atoms with E-state index < -0.39 is 29.7 Å². The number of nitrogens with one attached hydrogen (secondary N) is 1. The fourth-order valence-electron chi connectivity index (χ4n) is 2.38. The molecule has 1 aromatic rings. The van der Waals surface area contributed by atoms with Gasteiger partial charge in [-0.15, -0.1) is 0 Å². The Morgan fingerprint density at radius 1 is 1.35 bits per heavy atom. The average Bonchev–Trinajstić information content (AvgIpc) is 3.35. The fraction of sp³-hybridized carbons (Fsp3) is 0.632. The van der Waals surface area contributed by atoms with E-state index in [1.165, 1.54) is 12.1 Å². The molecule has 26 heavy (non-hydrogen) atoms. The van der Waals surface area contributed by atoms with Crippen LogP contribution in [0.3, 0.4) is 0 Å². The first kappa shape index (κ1) is 20.5. The number of rotatable bonds is 8. The van der Waals surface area contributed by atoms with Crippen molar-refractivity contribution < 1.29 is 28.9 Å². The van der Waals surface area contributed by atoms with Crippen molar-refractivity contribution in [1.29, 1.82) is 0 Å². The van der Waals surface area contributed by atoms with Gasteiger partial charge >= 0.3 is 6.09 Å². The monoisotopic (exact) mass is 369 g/mol. The van der Waals surface area contributed by atoms with Gasteiger partial charge in [-0.05, 0) is 64.2 Å². The van der Waals surface area contributed by atoms with E-state index in [2.05, 4.69) is 5.32 Å². The summed E-state index contributed by atoms with van der Waals surface area (Å²) in [5.74, 6) is 0.356. The fourth-order valence-corrected chi connectivity index (χ4v) is 2.38. The zero-order valence-corrected chi connectivity index (χ0v) is 15.5. The largest absolute Gasteiger partial charge is 0.493 e. The molecule has 2 rings (SSSR count). The first-order valence-electron chi connectivity index (χ1n) is 8.91. The number of aliphatic hydroxyl groups excluding tert-OH is 2. The Labute approximate surface area is 153 Å². The second kappa shape index (κ2) is 8.68. The highest BCUT2D eigenvalue weighted by atomic mass is 19.1. The molecule has 1 aromatic carbocycles. The lowest BCUT2D eigenvalue weighted by molar-refractivity contribution is 0.0105. The maximum Gasteiger partial charge on any atom is 0.407 e. The third kappa shape index (κ3) is 6.80. The van der Waals surface area contributed by atoms with Crippen molar-refractivity contribution in [3.8, 4) is 5.75 Å². The number of aliphatic hydroxyl groups is 2. The molecule has 1 saturated carbocycles. The number of carbonyl (C=O) groups excluding carboxylic acids is 1. The molecule has 0 saturated heterocycles. The van der Waals surface area contributed by atoms with E-state index in [1.54, 1.807) is 20.8 Å². The minimum Gasteiger partial charge on any atom is -0.493 e. The van der Waals surface area contributed by atoms with Crippen LogP contribution in [0.5, 0.6) is 5.75 Å². The molecular weight excluding hydrogens is 341 g/mol. The molecule has 2 unspecified atom stereocenters. The molecule has 0 bridgehead atoms. The van der Waals surface area contributed by atoms with E-state index in [1.807, 2.05) is 0 Å². The van der Waals surface area contributed by atoms with Gasteiger partial charge in [0.25, 0.3) is 0 Å². The van der Waals surface area contributed by atoms with Crippen LogP contribution >= 0.6 is 0 Å². The van der Waals surface area contributed by atoms with Crippen LogP contribution in [0.1, 0.15) is 51.7 Å². The zero-order chi connectivity index (χ0) is 19.3. The van der Waals surface area contributed by atoms with E-state index in [4.69, 9.17) is 9.47 Å². The molecule has 1 aliphatic carbocycles. The maximum absolute atomic E-state index is 13.6. The van der Waals surface area contributed by atoms with Crippen LogP contribution in [0.15, 0.2) is 18.2 Å². The van der Waals surface area contributed by atoms with Gasteiger partial charge in [-0.25, -0.2) is 9.18 Å². The number of halogens is 1. The van der Waals surface area contributed by atoms with Crippen molar-refractivity contribution in [3.63, 3.8) is 0 Å². The van der Waals surface area contributed by atoms with E-state index >= 15 is 0 Å². The summed E-state index contributed by atoms with van der Waals surface area (Å²) in [6.07, 6.45) is -0.802. The number of alkyl carbamates (subject to hydrolysis) is 1. The van der Waals surface area contributed by atoms with Crippen LogP contribution in [0, 0.1) is 11.7 Å². The van der Waals surface area contributed by atoms with E-state index in [-0.39, 0.29) is 18.5 Å². The van der Waals surface area contributed by atoms with Gasteiger partial charge < -0.3 is 25.0 Å². The second-order valence-corrected chi connectivity index (χ2v) is 7.67. The zero-order valence-electron chi connectivity index (χ0n) is 15.5. The smallest absolute Gasteiger partial charge is 0.407 e. The molecule has 1 fully saturated rings. The molecule has 2 atom stereocenters. The lowest BCUT2D eigenvalue weighted by atomic mass is 10.0. The number of hydrogen-bond donors (Lipinski definition) is 3. The minimum absolute atomic E-state index is 0.0823. The molecule has 7 heteroatoms. The summed E-state index contributed by atoms with van der Waals surface area (Å²) in [6, 6.07) is 3.88. The number of carbonyl (C=O) groups is 1. The molecule has 146 valence electrons. The summed E-state index contributed by atoms with van der Waals surface area (Å²) < 4.78 is 24.3. The Hall–Kier alpha value is -1.86. The van der Waals surface area contributed by atoms with Crippen molar-refractivity contribution >= 4 is 6.09 Å². The first-order chi connectivity index (χ1) is 12.2. The molecule has 1 amide bonds. The molecule has 0 radical (unpaired) electrons. The predicted octanol–water partition coefficient (Wildman–Crippen LogP) is 2.92. The average molecular weight is 369 g/mol. The van der Waals surface area contributed by atoms with Crippen molar-refractivity contribution in [2.45, 2.75) is 57.8 Å². The normalized spacial score (nSPS) is 16.7. The number of ether oxygens (including phenoxy) is 2. The van der Waals surface area contributed by atoms with Gasteiger partial charge in [0.1, 0.15) is 23.3 Å². The molecule has 0 aliphatic heterocycles. The Kier molecular flexibility index (Phi) is 6.83. The van der Waals surface area contributed by atoms with Gasteiger partial charge in [0, 0.05) is 12.1 Å².